The van der Waals surface area contributed by atoms with Crippen LogP contribution < -0.4 is 0 Å². The molecule has 0 aliphatic carbocycles. The van der Waals surface area contributed by atoms with E-state index in [2.05, 4.69) is 16.6 Å². The van der Waals surface area contributed by atoms with Gasteiger partial charge in [0.2, 0.25) is 0 Å². The van der Waals surface area contributed by atoms with E-state index in [4.69, 9.17) is 4.74 Å². The molecule has 4 heteroatoms. The summed E-state index contributed by atoms with van der Waals surface area (Å²) in [6.07, 6.45) is 0. The molecule has 0 radical (unpaired) electrons. The molecular weight excluding hydrogens is 232 g/mol. The Balaban J connectivity index is 3.13. The Labute approximate surface area is 106 Å². The number of rotatable bonds is 2. The van der Waals surface area contributed by atoms with Crippen molar-refractivity contribution in [2.45, 2.75) is 19.4 Å². The summed E-state index contributed by atoms with van der Waals surface area (Å²) in [5, 5.41) is 0. The topological polar surface area (TPSA) is 52.6 Å². The summed E-state index contributed by atoms with van der Waals surface area (Å²) < 4.78 is 9.63. The maximum atomic E-state index is 11.1. The van der Waals surface area contributed by atoms with Crippen molar-refractivity contribution in [1.82, 2.24) is 0 Å². The molecule has 1 atom stereocenters. The average molecular weight is 246 g/mol. The molecule has 1 aromatic carbocycles. The number of benzene rings is 1. The highest BCUT2D eigenvalue weighted by molar-refractivity contribution is 5.88. The minimum atomic E-state index is -1.17. The van der Waals surface area contributed by atoms with Crippen molar-refractivity contribution < 1.29 is 19.1 Å². The highest BCUT2D eigenvalue weighted by atomic mass is 16.6. The first-order chi connectivity index (χ1) is 8.48. The van der Waals surface area contributed by atoms with E-state index >= 15 is 0 Å². The number of esters is 2. The highest BCUT2D eigenvalue weighted by Gasteiger charge is 2.27. The van der Waals surface area contributed by atoms with Crippen LogP contribution in [0.25, 0.3) is 0 Å². The first-order valence-corrected chi connectivity index (χ1v) is 5.34. The number of carbonyl (C=O) groups is 2. The summed E-state index contributed by atoms with van der Waals surface area (Å²) in [4.78, 5) is 22.2. The number of ether oxygens (including phenoxy) is 2. The van der Waals surface area contributed by atoms with Crippen LogP contribution in [0.4, 0.5) is 0 Å². The summed E-state index contributed by atoms with van der Waals surface area (Å²) in [6, 6.07) is 8.99. The lowest BCUT2D eigenvalue weighted by molar-refractivity contribution is -0.151. The zero-order chi connectivity index (χ0) is 13.6. The van der Waals surface area contributed by atoms with E-state index in [-0.39, 0.29) is 0 Å². The van der Waals surface area contributed by atoms with Gasteiger partial charge >= 0.3 is 11.9 Å². The zero-order valence-electron chi connectivity index (χ0n) is 10.5. The van der Waals surface area contributed by atoms with Crippen molar-refractivity contribution in [2.75, 3.05) is 7.11 Å². The van der Waals surface area contributed by atoms with Gasteiger partial charge in [-0.2, -0.15) is 0 Å². The molecule has 1 unspecified atom stereocenters. The zero-order valence-corrected chi connectivity index (χ0v) is 10.5. The molecule has 0 saturated heterocycles. The van der Waals surface area contributed by atoms with E-state index in [1.54, 1.807) is 31.2 Å². The van der Waals surface area contributed by atoms with Crippen LogP contribution in [0.15, 0.2) is 30.3 Å². The van der Waals surface area contributed by atoms with Crippen LogP contribution in [0.1, 0.15) is 19.4 Å². The molecule has 0 spiro atoms. The lowest BCUT2D eigenvalue weighted by Crippen LogP contribution is -2.26. The van der Waals surface area contributed by atoms with Gasteiger partial charge < -0.3 is 9.47 Å². The Bertz CT molecular complexity index is 496. The Hall–Kier alpha value is -2.28. The van der Waals surface area contributed by atoms with E-state index in [0.29, 0.717) is 5.56 Å². The second kappa shape index (κ2) is 5.87. The van der Waals surface area contributed by atoms with Gasteiger partial charge in [-0.25, -0.2) is 4.79 Å². The van der Waals surface area contributed by atoms with Crippen molar-refractivity contribution >= 4 is 11.9 Å². The van der Waals surface area contributed by atoms with E-state index in [1.165, 1.54) is 14.0 Å². The number of hydrogen-bond donors (Lipinski definition) is 0. The van der Waals surface area contributed by atoms with Crippen LogP contribution in [0.2, 0.25) is 0 Å². The predicted molar refractivity (Wildman–Crippen MR) is 65.4 cm³/mol. The van der Waals surface area contributed by atoms with Crippen LogP contribution in [-0.2, 0) is 24.7 Å². The minimum Gasteiger partial charge on any atom is -0.459 e. The molecule has 0 fully saturated rings. The summed E-state index contributed by atoms with van der Waals surface area (Å²) >= 11 is 0. The van der Waals surface area contributed by atoms with E-state index in [1.807, 2.05) is 6.07 Å². The van der Waals surface area contributed by atoms with Gasteiger partial charge in [0.05, 0.1) is 7.11 Å². The Morgan fingerprint density at radius 1 is 1.22 bits per heavy atom. The molecular formula is C14H14O4. The van der Waals surface area contributed by atoms with Gasteiger partial charge in [-0.15, -0.1) is 0 Å². The fourth-order valence-electron chi connectivity index (χ4n) is 1.42. The maximum Gasteiger partial charge on any atom is 0.384 e. The monoisotopic (exact) mass is 246 g/mol. The number of methoxy groups -OCH3 is 1. The van der Waals surface area contributed by atoms with Crippen LogP contribution in [0.5, 0.6) is 0 Å². The van der Waals surface area contributed by atoms with Gasteiger partial charge in [0.1, 0.15) is 0 Å². The molecule has 0 bridgehead atoms. The second-order valence-electron chi connectivity index (χ2n) is 3.73. The minimum absolute atomic E-state index is 0.472. The molecule has 0 amide bonds. The quantitative estimate of drug-likeness (QED) is 0.452. The van der Waals surface area contributed by atoms with Crippen LogP contribution in [-0.4, -0.2) is 19.0 Å². The lowest BCUT2D eigenvalue weighted by atomic mass is 9.96. The average Bonchev–Trinajstić information content (AvgIpc) is 2.36. The third-order valence-corrected chi connectivity index (χ3v) is 2.26. The Morgan fingerprint density at radius 3 is 2.33 bits per heavy atom. The molecule has 0 saturated carbocycles. The fourth-order valence-corrected chi connectivity index (χ4v) is 1.42. The highest BCUT2D eigenvalue weighted by Crippen LogP contribution is 2.24. The maximum absolute atomic E-state index is 11.1. The van der Waals surface area contributed by atoms with Crippen molar-refractivity contribution in [2.24, 2.45) is 0 Å². The summed E-state index contributed by atoms with van der Waals surface area (Å²) in [6.45, 7) is 2.92. The SMILES string of the molecule is COC(=O)C#CC(C)(OC(C)=O)c1ccccc1. The molecule has 0 N–H and O–H groups in total. The first kappa shape index (κ1) is 13.8. The van der Waals surface area contributed by atoms with Gasteiger partial charge in [-0.3, -0.25) is 4.79 Å². The molecule has 1 aromatic rings. The van der Waals surface area contributed by atoms with Crippen LogP contribution in [0, 0.1) is 11.8 Å². The molecule has 94 valence electrons. The third-order valence-electron chi connectivity index (χ3n) is 2.26. The molecule has 0 aliphatic heterocycles. The first-order valence-electron chi connectivity index (χ1n) is 5.34. The standard InChI is InChI=1S/C14H14O4/c1-11(15)18-14(2,10-9-13(16)17-3)12-7-5-4-6-8-12/h4-8H,1-3H3. The smallest absolute Gasteiger partial charge is 0.384 e. The summed E-state index contributed by atoms with van der Waals surface area (Å²) in [5.74, 6) is 3.77. The molecule has 0 aliphatic rings. The molecule has 4 nitrogen and oxygen atoms in total. The van der Waals surface area contributed by atoms with E-state index in [0.717, 1.165) is 0 Å². The van der Waals surface area contributed by atoms with E-state index < -0.39 is 17.5 Å². The molecule has 0 heterocycles. The van der Waals surface area contributed by atoms with Crippen LogP contribution >= 0.6 is 0 Å². The second-order valence-corrected chi connectivity index (χ2v) is 3.73. The van der Waals surface area contributed by atoms with Crippen LogP contribution in [0.3, 0.4) is 0 Å². The van der Waals surface area contributed by atoms with Crippen molar-refractivity contribution in [3.63, 3.8) is 0 Å². The normalized spacial score (nSPS) is 12.6. The number of hydrogen-bond acceptors (Lipinski definition) is 4. The van der Waals surface area contributed by atoms with Gasteiger partial charge in [0, 0.05) is 18.4 Å². The summed E-state index contributed by atoms with van der Waals surface area (Å²) in [5.41, 5.74) is -0.474. The molecule has 18 heavy (non-hydrogen) atoms. The van der Waals surface area contributed by atoms with E-state index in [9.17, 15) is 9.59 Å². The third kappa shape index (κ3) is 3.63. The van der Waals surface area contributed by atoms with Gasteiger partial charge in [0.25, 0.3) is 0 Å². The van der Waals surface area contributed by atoms with Gasteiger partial charge in [-0.05, 0) is 12.8 Å². The summed E-state index contributed by atoms with van der Waals surface area (Å²) in [7, 11) is 1.24. The molecule has 0 aromatic heterocycles. The largest absolute Gasteiger partial charge is 0.459 e. The van der Waals surface area contributed by atoms with Crippen molar-refractivity contribution in [3.8, 4) is 11.8 Å². The Morgan fingerprint density at radius 2 is 1.83 bits per heavy atom. The number of carbonyl (C=O) groups excluding carboxylic acids is 2. The lowest BCUT2D eigenvalue weighted by Gasteiger charge is -2.23. The van der Waals surface area contributed by atoms with Gasteiger partial charge in [-0.1, -0.05) is 30.3 Å². The van der Waals surface area contributed by atoms with Crippen molar-refractivity contribution in [1.29, 1.82) is 0 Å². The fraction of sp³-hybridized carbons (Fsp3) is 0.286. The predicted octanol–water partition coefficient (Wildman–Crippen LogP) is 1.64. The van der Waals surface area contributed by atoms with Crippen molar-refractivity contribution in [3.05, 3.63) is 35.9 Å². The van der Waals surface area contributed by atoms with Gasteiger partial charge in [0.15, 0.2) is 5.60 Å². The Kier molecular flexibility index (Phi) is 4.50. The molecule has 1 rings (SSSR count).